The van der Waals surface area contributed by atoms with E-state index in [2.05, 4.69) is 15.3 Å². The Kier molecular flexibility index (Phi) is 3.58. The molecule has 3 rings (SSSR count). The van der Waals surface area contributed by atoms with Crippen molar-refractivity contribution in [2.24, 2.45) is 0 Å². The fourth-order valence-electron chi connectivity index (χ4n) is 2.46. The van der Waals surface area contributed by atoms with E-state index in [1.807, 2.05) is 18.2 Å². The molecule has 0 aliphatic rings. The molecule has 21 heavy (non-hydrogen) atoms. The second-order valence-corrected chi connectivity index (χ2v) is 4.66. The fourth-order valence-corrected chi connectivity index (χ4v) is 2.46. The summed E-state index contributed by atoms with van der Waals surface area (Å²) in [6.07, 6.45) is 3.21. The van der Waals surface area contributed by atoms with E-state index in [0.717, 1.165) is 17.1 Å². The molecule has 0 spiro atoms. The van der Waals surface area contributed by atoms with Crippen LogP contribution in [0.25, 0.3) is 11.0 Å². The summed E-state index contributed by atoms with van der Waals surface area (Å²) in [6.45, 7) is 0. The Morgan fingerprint density at radius 3 is 2.57 bits per heavy atom. The summed E-state index contributed by atoms with van der Waals surface area (Å²) in [6, 6.07) is 8.71. The molecule has 2 aromatic carbocycles. The summed E-state index contributed by atoms with van der Waals surface area (Å²) in [5, 5.41) is 3.06. The molecule has 0 aliphatic heterocycles. The van der Waals surface area contributed by atoms with Gasteiger partial charge in [0.2, 0.25) is 0 Å². The minimum atomic E-state index is -0.594. The van der Waals surface area contributed by atoms with E-state index in [9.17, 15) is 8.78 Å². The third kappa shape index (κ3) is 2.48. The highest BCUT2D eigenvalue weighted by molar-refractivity contribution is 5.78. The Morgan fingerprint density at radius 1 is 1.00 bits per heavy atom. The molecular formula is C16H13F2N3. The first-order chi connectivity index (χ1) is 10.2. The van der Waals surface area contributed by atoms with Gasteiger partial charge in [0.05, 0.1) is 17.1 Å². The topological polar surface area (TPSA) is 37.8 Å². The molecule has 0 radical (unpaired) electrons. The molecule has 0 saturated carbocycles. The molecule has 0 fully saturated rings. The number of nitrogens with one attached hydrogen (secondary N) is 1. The maximum Gasteiger partial charge on any atom is 0.131 e. The summed E-state index contributed by atoms with van der Waals surface area (Å²) in [5.74, 6) is -1.18. The second-order valence-electron chi connectivity index (χ2n) is 4.66. The van der Waals surface area contributed by atoms with Crippen molar-refractivity contribution < 1.29 is 8.78 Å². The van der Waals surface area contributed by atoms with Crippen LogP contribution in [-0.4, -0.2) is 17.0 Å². The molecule has 106 valence electrons. The number of halogens is 2. The van der Waals surface area contributed by atoms with Crippen LogP contribution in [0.2, 0.25) is 0 Å². The lowest BCUT2D eigenvalue weighted by Gasteiger charge is -2.19. The molecule has 1 aromatic heterocycles. The van der Waals surface area contributed by atoms with Gasteiger partial charge in [0.15, 0.2) is 0 Å². The first-order valence-electron chi connectivity index (χ1n) is 6.52. The number of aromatic nitrogens is 2. The van der Waals surface area contributed by atoms with Crippen molar-refractivity contribution in [3.63, 3.8) is 0 Å². The van der Waals surface area contributed by atoms with E-state index in [0.29, 0.717) is 11.1 Å². The quantitative estimate of drug-likeness (QED) is 0.803. The molecule has 1 heterocycles. The van der Waals surface area contributed by atoms with Crippen molar-refractivity contribution in [3.8, 4) is 0 Å². The number of benzene rings is 2. The van der Waals surface area contributed by atoms with Crippen LogP contribution in [0.4, 0.5) is 8.78 Å². The van der Waals surface area contributed by atoms with Gasteiger partial charge in [-0.1, -0.05) is 18.2 Å². The van der Waals surface area contributed by atoms with Crippen LogP contribution in [0, 0.1) is 11.6 Å². The molecule has 3 nitrogen and oxygen atoms in total. The molecule has 0 aliphatic carbocycles. The zero-order valence-corrected chi connectivity index (χ0v) is 11.3. The Morgan fingerprint density at radius 2 is 1.81 bits per heavy atom. The van der Waals surface area contributed by atoms with E-state index in [4.69, 9.17) is 0 Å². The van der Waals surface area contributed by atoms with Crippen molar-refractivity contribution in [1.82, 2.24) is 15.3 Å². The van der Waals surface area contributed by atoms with Crippen LogP contribution in [0.1, 0.15) is 17.2 Å². The number of para-hydroxylation sites is 1. The second kappa shape index (κ2) is 5.54. The van der Waals surface area contributed by atoms with Crippen molar-refractivity contribution in [2.45, 2.75) is 6.04 Å². The zero-order valence-electron chi connectivity index (χ0n) is 11.3. The first kappa shape index (κ1) is 13.6. The molecule has 3 aromatic rings. The molecule has 0 amide bonds. The molecule has 1 unspecified atom stereocenters. The number of nitrogens with zero attached hydrogens (tertiary/aromatic N) is 2. The lowest BCUT2D eigenvalue weighted by molar-refractivity contribution is 0.552. The van der Waals surface area contributed by atoms with E-state index in [-0.39, 0.29) is 0 Å². The number of fused-ring (bicyclic) bond motifs is 1. The predicted molar refractivity (Wildman–Crippen MR) is 76.8 cm³/mol. The van der Waals surface area contributed by atoms with Crippen LogP contribution in [0.3, 0.4) is 0 Å². The highest BCUT2D eigenvalue weighted by atomic mass is 19.1. The summed E-state index contributed by atoms with van der Waals surface area (Å²) < 4.78 is 27.1. The molecule has 0 saturated heterocycles. The number of hydrogen-bond donors (Lipinski definition) is 1. The van der Waals surface area contributed by atoms with Gasteiger partial charge in [-0.2, -0.15) is 0 Å². The first-order valence-corrected chi connectivity index (χ1v) is 6.52. The van der Waals surface area contributed by atoms with Gasteiger partial charge in [-0.05, 0) is 19.2 Å². The normalized spacial score (nSPS) is 12.5. The lowest BCUT2D eigenvalue weighted by atomic mass is 9.97. The highest BCUT2D eigenvalue weighted by Gasteiger charge is 2.19. The summed E-state index contributed by atoms with van der Waals surface area (Å²) in [7, 11) is 1.72. The fraction of sp³-hybridized carbons (Fsp3) is 0.125. The maximum absolute atomic E-state index is 14.1. The van der Waals surface area contributed by atoms with E-state index >= 15 is 0 Å². The lowest BCUT2D eigenvalue weighted by Crippen LogP contribution is -2.19. The number of rotatable bonds is 3. The van der Waals surface area contributed by atoms with Crippen molar-refractivity contribution >= 4 is 11.0 Å². The van der Waals surface area contributed by atoms with Gasteiger partial charge in [0, 0.05) is 29.6 Å². The third-order valence-electron chi connectivity index (χ3n) is 3.40. The van der Waals surface area contributed by atoms with Gasteiger partial charge in [-0.25, -0.2) is 8.78 Å². The largest absolute Gasteiger partial charge is 0.309 e. The van der Waals surface area contributed by atoms with Gasteiger partial charge in [0.1, 0.15) is 11.6 Å². The van der Waals surface area contributed by atoms with Crippen molar-refractivity contribution in [2.75, 3.05) is 7.05 Å². The summed E-state index contributed by atoms with van der Waals surface area (Å²) in [5.41, 5.74) is 2.60. The van der Waals surface area contributed by atoms with Crippen LogP contribution in [0.15, 0.2) is 48.8 Å². The standard InChI is InChI=1S/C16H13F2N3/c1-19-15(11-6-5-10(17)9-13(11)18)12-3-2-4-14-16(12)21-8-7-20-14/h2-9,15,19H,1H3. The van der Waals surface area contributed by atoms with E-state index in [1.54, 1.807) is 19.4 Å². The van der Waals surface area contributed by atoms with Gasteiger partial charge in [-0.15, -0.1) is 0 Å². The molecule has 1 N–H and O–H groups in total. The summed E-state index contributed by atoms with van der Waals surface area (Å²) in [4.78, 5) is 8.57. The molecule has 0 bridgehead atoms. The van der Waals surface area contributed by atoms with Crippen LogP contribution < -0.4 is 5.32 Å². The van der Waals surface area contributed by atoms with Crippen molar-refractivity contribution in [3.05, 3.63) is 71.6 Å². The maximum atomic E-state index is 14.1. The Labute approximate surface area is 120 Å². The smallest absolute Gasteiger partial charge is 0.131 e. The van der Waals surface area contributed by atoms with Crippen molar-refractivity contribution in [1.29, 1.82) is 0 Å². The Bertz CT molecular complexity index is 784. The Balaban J connectivity index is 2.18. The predicted octanol–water partition coefficient (Wildman–Crippen LogP) is 3.22. The van der Waals surface area contributed by atoms with E-state index in [1.165, 1.54) is 12.1 Å². The number of hydrogen-bond acceptors (Lipinski definition) is 3. The monoisotopic (exact) mass is 285 g/mol. The van der Waals surface area contributed by atoms with Crippen LogP contribution >= 0.6 is 0 Å². The minimum Gasteiger partial charge on any atom is -0.309 e. The van der Waals surface area contributed by atoms with Gasteiger partial charge in [-0.3, -0.25) is 9.97 Å². The minimum absolute atomic E-state index is 0.372. The van der Waals surface area contributed by atoms with Gasteiger partial charge < -0.3 is 5.32 Å². The summed E-state index contributed by atoms with van der Waals surface area (Å²) >= 11 is 0. The Hall–Kier alpha value is -2.40. The van der Waals surface area contributed by atoms with E-state index < -0.39 is 17.7 Å². The van der Waals surface area contributed by atoms with Gasteiger partial charge >= 0.3 is 0 Å². The van der Waals surface area contributed by atoms with Crippen LogP contribution in [0.5, 0.6) is 0 Å². The van der Waals surface area contributed by atoms with Crippen LogP contribution in [-0.2, 0) is 0 Å². The highest BCUT2D eigenvalue weighted by Crippen LogP contribution is 2.28. The molecule has 1 atom stereocenters. The zero-order chi connectivity index (χ0) is 14.8. The average molecular weight is 285 g/mol. The average Bonchev–Trinajstić information content (AvgIpc) is 2.50. The van der Waals surface area contributed by atoms with Gasteiger partial charge in [0.25, 0.3) is 0 Å². The molecule has 5 heteroatoms. The third-order valence-corrected chi connectivity index (χ3v) is 3.40. The SMILES string of the molecule is CNC(c1ccc(F)cc1F)c1cccc2nccnc12. The molecular weight excluding hydrogens is 272 g/mol.